The molecule has 1 aliphatic rings. The minimum Gasteiger partial charge on any atom is -0.487 e. The average Bonchev–Trinajstić information content (AvgIpc) is 3.09. The lowest BCUT2D eigenvalue weighted by Crippen LogP contribution is -2.26. The summed E-state index contributed by atoms with van der Waals surface area (Å²) in [6.07, 6.45) is 5.17. The molecule has 0 aromatic carbocycles. The molecule has 0 aliphatic carbocycles. The maximum atomic E-state index is 14.1. The molecule has 0 unspecified atom stereocenters. The quantitative estimate of drug-likeness (QED) is 0.879. The number of anilines is 1. The third-order valence-corrected chi connectivity index (χ3v) is 4.09. The van der Waals surface area contributed by atoms with E-state index < -0.39 is 5.82 Å². The summed E-state index contributed by atoms with van der Waals surface area (Å²) in [5.74, 6) is 0.181. The molecule has 0 radical (unpaired) electrons. The fourth-order valence-electron chi connectivity index (χ4n) is 2.80. The molecule has 1 fully saturated rings. The number of ether oxygens (including phenoxy) is 1. The second-order valence-electron chi connectivity index (χ2n) is 6.01. The van der Waals surface area contributed by atoms with Gasteiger partial charge in [0.2, 0.25) is 5.91 Å². The van der Waals surface area contributed by atoms with Gasteiger partial charge in [0.25, 0.3) is 0 Å². The van der Waals surface area contributed by atoms with Crippen molar-refractivity contribution >= 4 is 11.7 Å². The summed E-state index contributed by atoms with van der Waals surface area (Å²) in [4.78, 5) is 21.0. The van der Waals surface area contributed by atoms with E-state index in [2.05, 4.69) is 15.3 Å². The summed E-state index contributed by atoms with van der Waals surface area (Å²) in [5, 5.41) is 11.5. The molecule has 3 rings (SSSR count). The van der Waals surface area contributed by atoms with Gasteiger partial charge in [0.15, 0.2) is 11.6 Å². The van der Waals surface area contributed by atoms with Gasteiger partial charge in [0.05, 0.1) is 18.3 Å². The van der Waals surface area contributed by atoms with Gasteiger partial charge < -0.3 is 15.0 Å². The number of carbonyl (C=O) groups is 1. The fraction of sp³-hybridized carbons (Fsp3) is 0.333. The topological polar surface area (TPSA) is 91.1 Å². The average molecular weight is 355 g/mol. The normalized spacial score (nSPS) is 16.2. The van der Waals surface area contributed by atoms with Crippen LogP contribution in [0.15, 0.2) is 30.7 Å². The number of hydrogen-bond donors (Lipinski definition) is 1. The second-order valence-corrected chi connectivity index (χ2v) is 6.01. The van der Waals surface area contributed by atoms with Gasteiger partial charge in [-0.1, -0.05) is 0 Å². The monoisotopic (exact) mass is 355 g/mol. The zero-order chi connectivity index (χ0) is 18.5. The molecule has 0 bridgehead atoms. The van der Waals surface area contributed by atoms with E-state index in [1.165, 1.54) is 19.2 Å². The van der Waals surface area contributed by atoms with Crippen LogP contribution in [0.2, 0.25) is 0 Å². The first-order chi connectivity index (χ1) is 12.6. The number of nitriles is 1. The summed E-state index contributed by atoms with van der Waals surface area (Å²) < 4.78 is 20.2. The number of aromatic nitrogens is 2. The molecule has 1 N–H and O–H groups in total. The van der Waals surface area contributed by atoms with Crippen LogP contribution in [0.5, 0.6) is 5.75 Å². The molecule has 134 valence electrons. The van der Waals surface area contributed by atoms with Crippen LogP contribution in [-0.4, -0.2) is 35.1 Å². The Labute approximate surface area is 150 Å². The van der Waals surface area contributed by atoms with Crippen LogP contribution in [0.3, 0.4) is 0 Å². The lowest BCUT2D eigenvalue weighted by Gasteiger charge is -2.19. The predicted molar refractivity (Wildman–Crippen MR) is 91.9 cm³/mol. The Morgan fingerprint density at radius 2 is 2.38 bits per heavy atom. The maximum Gasteiger partial charge on any atom is 0.217 e. The van der Waals surface area contributed by atoms with Crippen molar-refractivity contribution in [3.05, 3.63) is 47.7 Å². The Kier molecular flexibility index (Phi) is 5.27. The number of nitrogens with one attached hydrogen (secondary N) is 1. The highest BCUT2D eigenvalue weighted by atomic mass is 19.1. The number of rotatable bonds is 5. The molecular weight excluding hydrogens is 337 g/mol. The van der Waals surface area contributed by atoms with Crippen molar-refractivity contribution in [1.29, 1.82) is 5.26 Å². The zero-order valence-corrected chi connectivity index (χ0v) is 14.3. The molecule has 1 aliphatic heterocycles. The Hall–Kier alpha value is -3.21. The SMILES string of the molecule is CC(=O)NCc1ccncc1O[C@H]1CCN(c2ncc(C#N)cc2F)C1. The summed E-state index contributed by atoms with van der Waals surface area (Å²) >= 11 is 0. The molecule has 0 saturated carbocycles. The molecule has 0 spiro atoms. The summed E-state index contributed by atoms with van der Waals surface area (Å²) in [6.45, 7) is 2.89. The maximum absolute atomic E-state index is 14.1. The molecule has 2 aromatic heterocycles. The summed E-state index contributed by atoms with van der Waals surface area (Å²) in [6, 6.07) is 4.85. The van der Waals surface area contributed by atoms with E-state index in [0.717, 1.165) is 5.56 Å². The molecule has 8 heteroatoms. The minimum absolute atomic E-state index is 0.123. The fourth-order valence-corrected chi connectivity index (χ4v) is 2.80. The standard InChI is InChI=1S/C18H18FN5O2/c1-12(25)22-9-14-2-4-21-10-17(14)26-15-3-5-24(11-15)18-16(19)6-13(7-20)8-23-18/h2,4,6,8,10,15H,3,5,9,11H2,1H3,(H,22,25)/t15-/m0/s1. The van der Waals surface area contributed by atoms with Gasteiger partial charge in [-0.2, -0.15) is 5.26 Å². The van der Waals surface area contributed by atoms with Crippen LogP contribution < -0.4 is 15.0 Å². The Bertz CT molecular complexity index is 852. The lowest BCUT2D eigenvalue weighted by molar-refractivity contribution is -0.119. The summed E-state index contributed by atoms with van der Waals surface area (Å²) in [5.41, 5.74) is 1.02. The predicted octanol–water partition coefficient (Wildman–Crippen LogP) is 1.78. The number of hydrogen-bond acceptors (Lipinski definition) is 6. The van der Waals surface area contributed by atoms with E-state index >= 15 is 0 Å². The molecule has 26 heavy (non-hydrogen) atoms. The third-order valence-electron chi connectivity index (χ3n) is 4.09. The van der Waals surface area contributed by atoms with Crippen LogP contribution in [0, 0.1) is 17.1 Å². The van der Waals surface area contributed by atoms with Crippen molar-refractivity contribution in [2.24, 2.45) is 0 Å². The number of nitrogens with zero attached hydrogens (tertiary/aromatic N) is 4. The van der Waals surface area contributed by atoms with Crippen molar-refractivity contribution in [2.75, 3.05) is 18.0 Å². The first kappa shape index (κ1) is 17.6. The molecular formula is C18H18FN5O2. The van der Waals surface area contributed by atoms with E-state index in [-0.39, 0.29) is 23.4 Å². The van der Waals surface area contributed by atoms with E-state index in [1.807, 2.05) is 6.07 Å². The molecule has 1 amide bonds. The Morgan fingerprint density at radius 1 is 1.54 bits per heavy atom. The van der Waals surface area contributed by atoms with Crippen LogP contribution >= 0.6 is 0 Å². The van der Waals surface area contributed by atoms with Crippen molar-refractivity contribution in [3.63, 3.8) is 0 Å². The minimum atomic E-state index is -0.516. The Balaban J connectivity index is 1.67. The van der Waals surface area contributed by atoms with Gasteiger partial charge in [-0.15, -0.1) is 0 Å². The highest BCUT2D eigenvalue weighted by Gasteiger charge is 2.27. The third kappa shape index (κ3) is 4.06. The Morgan fingerprint density at radius 3 is 3.12 bits per heavy atom. The number of amides is 1. The van der Waals surface area contributed by atoms with Crippen LogP contribution in [0.1, 0.15) is 24.5 Å². The molecule has 7 nitrogen and oxygen atoms in total. The first-order valence-corrected chi connectivity index (χ1v) is 8.21. The number of carbonyl (C=O) groups excluding carboxylic acids is 1. The molecule has 3 heterocycles. The molecule has 1 atom stereocenters. The number of pyridine rings is 2. The first-order valence-electron chi connectivity index (χ1n) is 8.21. The van der Waals surface area contributed by atoms with Crippen molar-refractivity contribution in [1.82, 2.24) is 15.3 Å². The zero-order valence-electron chi connectivity index (χ0n) is 14.3. The second kappa shape index (κ2) is 7.78. The lowest BCUT2D eigenvalue weighted by atomic mass is 10.2. The van der Waals surface area contributed by atoms with E-state index in [1.54, 1.807) is 23.4 Å². The van der Waals surface area contributed by atoms with Crippen molar-refractivity contribution in [2.45, 2.75) is 26.0 Å². The van der Waals surface area contributed by atoms with Crippen LogP contribution in [0.4, 0.5) is 10.2 Å². The summed E-state index contributed by atoms with van der Waals surface area (Å²) in [7, 11) is 0. The van der Waals surface area contributed by atoms with Gasteiger partial charge in [-0.05, 0) is 12.1 Å². The largest absolute Gasteiger partial charge is 0.487 e. The van der Waals surface area contributed by atoms with Crippen LogP contribution in [-0.2, 0) is 11.3 Å². The van der Waals surface area contributed by atoms with E-state index in [0.29, 0.717) is 31.8 Å². The van der Waals surface area contributed by atoms with Gasteiger partial charge in [-0.25, -0.2) is 9.37 Å². The van der Waals surface area contributed by atoms with E-state index in [4.69, 9.17) is 10.00 Å². The van der Waals surface area contributed by atoms with E-state index in [9.17, 15) is 9.18 Å². The smallest absolute Gasteiger partial charge is 0.217 e. The molecule has 1 saturated heterocycles. The van der Waals surface area contributed by atoms with Crippen molar-refractivity contribution < 1.29 is 13.9 Å². The van der Waals surface area contributed by atoms with Gasteiger partial charge in [-0.3, -0.25) is 9.78 Å². The highest BCUT2D eigenvalue weighted by Crippen LogP contribution is 2.26. The van der Waals surface area contributed by atoms with Gasteiger partial charge in [0.1, 0.15) is 17.9 Å². The molecule has 2 aromatic rings. The van der Waals surface area contributed by atoms with Crippen molar-refractivity contribution in [3.8, 4) is 11.8 Å². The number of halogens is 1. The van der Waals surface area contributed by atoms with Gasteiger partial charge >= 0.3 is 0 Å². The van der Waals surface area contributed by atoms with Gasteiger partial charge in [0, 0.05) is 44.4 Å². The van der Waals surface area contributed by atoms with Crippen LogP contribution in [0.25, 0.3) is 0 Å². The highest BCUT2D eigenvalue weighted by molar-refractivity contribution is 5.72.